The first kappa shape index (κ1) is 12.0. The van der Waals surface area contributed by atoms with Crippen molar-refractivity contribution in [2.75, 3.05) is 7.11 Å². The van der Waals surface area contributed by atoms with E-state index in [4.69, 9.17) is 5.11 Å². The maximum Gasteiger partial charge on any atom is 0.333 e. The summed E-state index contributed by atoms with van der Waals surface area (Å²) in [5.74, 6) is -0.792. The first-order valence-corrected chi connectivity index (χ1v) is 4.68. The Morgan fingerprint density at radius 1 is 1.31 bits per heavy atom. The Morgan fingerprint density at radius 2 is 1.88 bits per heavy atom. The van der Waals surface area contributed by atoms with Crippen molar-refractivity contribution in [3.05, 3.63) is 29.8 Å². The lowest BCUT2D eigenvalue weighted by atomic mass is 10.1. The van der Waals surface area contributed by atoms with Crippen LogP contribution in [0.3, 0.4) is 0 Å². The monoisotopic (exact) mass is 223 g/mol. The molecule has 0 saturated heterocycles. The predicted molar refractivity (Wildman–Crippen MR) is 56.7 cm³/mol. The molecule has 0 spiro atoms. The molecule has 0 aliphatic heterocycles. The molecule has 0 heterocycles. The number of ether oxygens (including phenoxy) is 1. The summed E-state index contributed by atoms with van der Waals surface area (Å²) in [6, 6.07) is 5.13. The van der Waals surface area contributed by atoms with E-state index in [-0.39, 0.29) is 11.7 Å². The third-order valence-electron chi connectivity index (χ3n) is 2.01. The third kappa shape index (κ3) is 2.98. The van der Waals surface area contributed by atoms with Crippen molar-refractivity contribution in [1.82, 2.24) is 5.32 Å². The molecule has 0 radical (unpaired) electrons. The van der Waals surface area contributed by atoms with Gasteiger partial charge in [-0.1, -0.05) is 12.1 Å². The number of aromatic hydroxyl groups is 1. The zero-order valence-corrected chi connectivity index (χ0v) is 9.06. The topological polar surface area (TPSA) is 75.6 Å². The van der Waals surface area contributed by atoms with Gasteiger partial charge in [-0.05, 0) is 17.7 Å². The molecule has 1 amide bonds. The molecular formula is C11H13NO4. The van der Waals surface area contributed by atoms with E-state index >= 15 is 0 Å². The van der Waals surface area contributed by atoms with Gasteiger partial charge >= 0.3 is 5.97 Å². The van der Waals surface area contributed by atoms with Gasteiger partial charge in [-0.25, -0.2) is 4.79 Å². The fourth-order valence-electron chi connectivity index (χ4n) is 1.27. The van der Waals surface area contributed by atoms with Crippen LogP contribution in [-0.2, 0) is 14.3 Å². The van der Waals surface area contributed by atoms with Crippen molar-refractivity contribution in [3.8, 4) is 5.75 Å². The minimum absolute atomic E-state index is 0.0928. The lowest BCUT2D eigenvalue weighted by Gasteiger charge is -2.15. The number of phenolic OH excluding ortho intramolecular Hbond substituents is 1. The van der Waals surface area contributed by atoms with Crippen molar-refractivity contribution in [2.24, 2.45) is 0 Å². The quantitative estimate of drug-likeness (QED) is 0.741. The Labute approximate surface area is 93.0 Å². The third-order valence-corrected chi connectivity index (χ3v) is 2.01. The number of nitrogens with one attached hydrogen (secondary N) is 1. The molecule has 0 aromatic heterocycles. The van der Waals surface area contributed by atoms with Crippen LogP contribution in [0.4, 0.5) is 0 Å². The summed E-state index contributed by atoms with van der Waals surface area (Å²) in [4.78, 5) is 22.4. The predicted octanol–water partition coefficient (Wildman–Crippen LogP) is 0.742. The summed E-state index contributed by atoms with van der Waals surface area (Å²) in [5.41, 5.74) is 0.555. The maximum absolute atomic E-state index is 11.4. The summed E-state index contributed by atoms with van der Waals surface area (Å²) in [6.45, 7) is 1.32. The number of benzene rings is 1. The second kappa shape index (κ2) is 5.16. The van der Waals surface area contributed by atoms with Gasteiger partial charge in [0.05, 0.1) is 7.11 Å². The minimum Gasteiger partial charge on any atom is -0.508 e. The lowest BCUT2D eigenvalue weighted by Crippen LogP contribution is -2.32. The van der Waals surface area contributed by atoms with E-state index in [2.05, 4.69) is 10.1 Å². The molecule has 0 aliphatic rings. The van der Waals surface area contributed by atoms with E-state index in [9.17, 15) is 9.59 Å². The fraction of sp³-hybridized carbons (Fsp3) is 0.273. The average molecular weight is 223 g/mol. The summed E-state index contributed by atoms with van der Waals surface area (Å²) in [7, 11) is 1.25. The van der Waals surface area contributed by atoms with Gasteiger partial charge in [0.15, 0.2) is 6.04 Å². The molecule has 5 nitrogen and oxygen atoms in total. The zero-order valence-electron chi connectivity index (χ0n) is 9.06. The number of hydrogen-bond donors (Lipinski definition) is 2. The largest absolute Gasteiger partial charge is 0.508 e. The summed E-state index contributed by atoms with van der Waals surface area (Å²) < 4.78 is 4.58. The molecule has 2 N–H and O–H groups in total. The molecule has 0 bridgehead atoms. The highest BCUT2D eigenvalue weighted by Gasteiger charge is 2.21. The highest BCUT2D eigenvalue weighted by atomic mass is 16.5. The number of carbonyl (C=O) groups is 2. The van der Waals surface area contributed by atoms with Crippen LogP contribution in [0, 0.1) is 0 Å². The first-order valence-electron chi connectivity index (χ1n) is 4.68. The van der Waals surface area contributed by atoms with Crippen molar-refractivity contribution in [3.63, 3.8) is 0 Å². The summed E-state index contributed by atoms with van der Waals surface area (Å²) in [6.07, 6.45) is 0. The molecule has 0 fully saturated rings. The highest BCUT2D eigenvalue weighted by Crippen LogP contribution is 2.17. The number of amides is 1. The van der Waals surface area contributed by atoms with Gasteiger partial charge in [-0.15, -0.1) is 0 Å². The van der Waals surface area contributed by atoms with Gasteiger partial charge in [0, 0.05) is 6.92 Å². The van der Waals surface area contributed by atoms with Crippen LogP contribution in [0.1, 0.15) is 18.5 Å². The Hall–Kier alpha value is -2.04. The van der Waals surface area contributed by atoms with Crippen LogP contribution in [0.15, 0.2) is 24.3 Å². The smallest absolute Gasteiger partial charge is 0.333 e. The summed E-state index contributed by atoms with van der Waals surface area (Å²) in [5, 5.41) is 11.6. The van der Waals surface area contributed by atoms with E-state index in [1.807, 2.05) is 0 Å². The normalized spacial score (nSPS) is 11.6. The van der Waals surface area contributed by atoms with Crippen LogP contribution < -0.4 is 5.32 Å². The van der Waals surface area contributed by atoms with Gasteiger partial charge in [0.25, 0.3) is 0 Å². The van der Waals surface area contributed by atoms with E-state index in [0.29, 0.717) is 5.56 Å². The second-order valence-electron chi connectivity index (χ2n) is 3.25. The number of esters is 1. The number of hydrogen-bond acceptors (Lipinski definition) is 4. The zero-order chi connectivity index (χ0) is 12.1. The SMILES string of the molecule is COC(=O)C(NC(C)=O)c1ccc(O)cc1. The van der Waals surface area contributed by atoms with Crippen molar-refractivity contribution < 1.29 is 19.4 Å². The molecule has 0 saturated carbocycles. The number of phenols is 1. The maximum atomic E-state index is 11.4. The Morgan fingerprint density at radius 3 is 2.31 bits per heavy atom. The van der Waals surface area contributed by atoms with Crippen LogP contribution in [0.25, 0.3) is 0 Å². The Kier molecular flexibility index (Phi) is 3.88. The Bertz CT molecular complexity index is 385. The average Bonchev–Trinajstić information content (AvgIpc) is 2.26. The lowest BCUT2D eigenvalue weighted by molar-refractivity contribution is -0.145. The van der Waals surface area contributed by atoms with Gasteiger partial charge in [-0.2, -0.15) is 0 Å². The van der Waals surface area contributed by atoms with Crippen LogP contribution in [0.2, 0.25) is 0 Å². The Balaban J connectivity index is 2.96. The van der Waals surface area contributed by atoms with Gasteiger partial charge in [0.1, 0.15) is 5.75 Å². The van der Waals surface area contributed by atoms with Crippen LogP contribution in [0.5, 0.6) is 5.75 Å². The van der Waals surface area contributed by atoms with E-state index in [0.717, 1.165) is 0 Å². The molecule has 86 valence electrons. The van der Waals surface area contributed by atoms with E-state index < -0.39 is 12.0 Å². The summed E-state index contributed by atoms with van der Waals surface area (Å²) >= 11 is 0. The second-order valence-corrected chi connectivity index (χ2v) is 3.25. The molecule has 1 aromatic rings. The first-order chi connectivity index (χ1) is 7.54. The van der Waals surface area contributed by atoms with Crippen LogP contribution in [-0.4, -0.2) is 24.1 Å². The molecule has 0 aliphatic carbocycles. The van der Waals surface area contributed by atoms with E-state index in [1.165, 1.54) is 26.2 Å². The number of methoxy groups -OCH3 is 1. The molecule has 16 heavy (non-hydrogen) atoms. The van der Waals surface area contributed by atoms with Crippen molar-refractivity contribution in [1.29, 1.82) is 0 Å². The van der Waals surface area contributed by atoms with Crippen molar-refractivity contribution in [2.45, 2.75) is 13.0 Å². The van der Waals surface area contributed by atoms with Gasteiger partial charge in [0.2, 0.25) is 5.91 Å². The minimum atomic E-state index is -0.844. The molecular weight excluding hydrogens is 210 g/mol. The van der Waals surface area contributed by atoms with Gasteiger partial charge in [-0.3, -0.25) is 4.79 Å². The molecule has 1 unspecified atom stereocenters. The van der Waals surface area contributed by atoms with Gasteiger partial charge < -0.3 is 15.2 Å². The molecule has 1 atom stereocenters. The van der Waals surface area contributed by atoms with E-state index in [1.54, 1.807) is 12.1 Å². The van der Waals surface area contributed by atoms with Crippen molar-refractivity contribution >= 4 is 11.9 Å². The molecule has 1 rings (SSSR count). The standard InChI is InChI=1S/C11H13NO4/c1-7(13)12-10(11(15)16-2)8-3-5-9(14)6-4-8/h3-6,10,14H,1-2H3,(H,12,13). The highest BCUT2D eigenvalue weighted by molar-refractivity contribution is 5.84. The number of rotatable bonds is 3. The molecule has 5 heteroatoms. The van der Waals surface area contributed by atoms with Crippen LogP contribution >= 0.6 is 0 Å². The number of carbonyl (C=O) groups excluding carboxylic acids is 2. The fourth-order valence-corrected chi connectivity index (χ4v) is 1.27. The molecule has 1 aromatic carbocycles.